The molecule has 6 nitrogen and oxygen atoms in total. The Hall–Kier alpha value is -2.80. The molecule has 136 valence electrons. The summed E-state index contributed by atoms with van der Waals surface area (Å²) in [6, 6.07) is 13.8. The van der Waals surface area contributed by atoms with Crippen LogP contribution >= 0.6 is 11.8 Å². The van der Waals surface area contributed by atoms with Crippen molar-refractivity contribution in [2.24, 2.45) is 0 Å². The summed E-state index contributed by atoms with van der Waals surface area (Å²) < 4.78 is 5.10. The van der Waals surface area contributed by atoms with E-state index in [1.54, 1.807) is 48.2 Å². The van der Waals surface area contributed by atoms with Gasteiger partial charge < -0.3 is 15.4 Å². The molecular weight excluding hydrogens is 352 g/mol. The van der Waals surface area contributed by atoms with E-state index in [0.29, 0.717) is 16.9 Å². The fourth-order valence-corrected chi connectivity index (χ4v) is 2.96. The Bertz CT molecular complexity index is 790. The summed E-state index contributed by atoms with van der Waals surface area (Å²) in [5, 5.41) is 5.27. The van der Waals surface area contributed by atoms with E-state index in [1.807, 2.05) is 19.1 Å². The molecule has 0 saturated heterocycles. The summed E-state index contributed by atoms with van der Waals surface area (Å²) in [5.41, 5.74) is 1.63. The molecule has 2 N–H and O–H groups in total. The van der Waals surface area contributed by atoms with Crippen molar-refractivity contribution in [3.05, 3.63) is 54.1 Å². The number of ether oxygens (including phenoxy) is 1. The third-order valence-corrected chi connectivity index (χ3v) is 4.19. The van der Waals surface area contributed by atoms with Crippen LogP contribution in [0.15, 0.2) is 53.4 Å². The molecule has 0 atom stereocenters. The van der Waals surface area contributed by atoms with Crippen molar-refractivity contribution >= 4 is 40.9 Å². The third kappa shape index (κ3) is 5.93. The number of carbonyl (C=O) groups excluding carboxylic acids is 3. The molecular formula is C19H20N2O4S. The lowest BCUT2D eigenvalue weighted by Gasteiger charge is -2.09. The Morgan fingerprint density at radius 1 is 0.962 bits per heavy atom. The van der Waals surface area contributed by atoms with E-state index in [9.17, 15) is 14.4 Å². The smallest absolute Gasteiger partial charge is 0.339 e. The van der Waals surface area contributed by atoms with E-state index < -0.39 is 11.9 Å². The molecule has 2 amide bonds. The molecule has 0 aliphatic heterocycles. The van der Waals surface area contributed by atoms with Gasteiger partial charge in [-0.3, -0.25) is 9.59 Å². The van der Waals surface area contributed by atoms with Crippen LogP contribution < -0.4 is 10.6 Å². The highest BCUT2D eigenvalue weighted by atomic mass is 32.2. The zero-order chi connectivity index (χ0) is 18.9. The first-order valence-corrected chi connectivity index (χ1v) is 9.04. The Labute approximate surface area is 156 Å². The average Bonchev–Trinajstić information content (AvgIpc) is 2.62. The van der Waals surface area contributed by atoms with Crippen LogP contribution in [0.25, 0.3) is 0 Å². The van der Waals surface area contributed by atoms with Gasteiger partial charge in [-0.2, -0.15) is 0 Å². The highest BCUT2D eigenvalue weighted by Crippen LogP contribution is 2.22. The summed E-state index contributed by atoms with van der Waals surface area (Å²) in [6.45, 7) is 3.04. The molecule has 0 aliphatic rings. The number of hydrogen-bond donors (Lipinski definition) is 2. The molecule has 0 heterocycles. The lowest BCUT2D eigenvalue weighted by Crippen LogP contribution is -2.21. The van der Waals surface area contributed by atoms with E-state index in [-0.39, 0.29) is 12.5 Å². The molecule has 0 radical (unpaired) electrons. The first kappa shape index (κ1) is 19.5. The number of thioether (sulfide) groups is 1. The maximum atomic E-state index is 12.2. The number of benzene rings is 2. The minimum absolute atomic E-state index is 0.171. The summed E-state index contributed by atoms with van der Waals surface area (Å²) in [7, 11) is 0. The number of hydrogen-bond acceptors (Lipinski definition) is 5. The normalized spacial score (nSPS) is 10.1. The molecule has 2 rings (SSSR count). The topological polar surface area (TPSA) is 84.5 Å². The predicted octanol–water partition coefficient (Wildman–Crippen LogP) is 3.55. The number of nitrogens with one attached hydrogen (secondary N) is 2. The fraction of sp³-hybridized carbons (Fsp3) is 0.211. The Morgan fingerprint density at radius 2 is 1.58 bits per heavy atom. The van der Waals surface area contributed by atoms with Crippen LogP contribution in [0.4, 0.5) is 11.4 Å². The lowest BCUT2D eigenvalue weighted by atomic mass is 10.2. The van der Waals surface area contributed by atoms with Crippen LogP contribution in [0, 0.1) is 0 Å². The van der Waals surface area contributed by atoms with E-state index in [0.717, 1.165) is 10.6 Å². The van der Waals surface area contributed by atoms with Gasteiger partial charge in [-0.15, -0.1) is 11.8 Å². The number of anilines is 2. The zero-order valence-corrected chi connectivity index (χ0v) is 15.4. The maximum Gasteiger partial charge on any atom is 0.339 e. The van der Waals surface area contributed by atoms with Crippen molar-refractivity contribution in [2.75, 3.05) is 23.0 Å². The van der Waals surface area contributed by atoms with Crippen molar-refractivity contribution in [2.45, 2.75) is 18.7 Å². The van der Waals surface area contributed by atoms with Gasteiger partial charge in [0.15, 0.2) is 6.61 Å². The van der Waals surface area contributed by atoms with Crippen LogP contribution in [-0.2, 0) is 14.3 Å². The van der Waals surface area contributed by atoms with Crippen LogP contribution in [0.1, 0.15) is 24.2 Å². The molecule has 7 heteroatoms. The van der Waals surface area contributed by atoms with Gasteiger partial charge in [-0.25, -0.2) is 4.79 Å². The average molecular weight is 372 g/mol. The van der Waals surface area contributed by atoms with Gasteiger partial charge in [-0.05, 0) is 42.2 Å². The number of amides is 2. The maximum absolute atomic E-state index is 12.2. The van der Waals surface area contributed by atoms with E-state index in [1.165, 1.54) is 6.92 Å². The van der Waals surface area contributed by atoms with Gasteiger partial charge in [0.05, 0.1) is 5.56 Å². The van der Waals surface area contributed by atoms with Gasteiger partial charge in [0.2, 0.25) is 5.91 Å². The van der Waals surface area contributed by atoms with Gasteiger partial charge in [0.25, 0.3) is 5.91 Å². The van der Waals surface area contributed by atoms with Crippen molar-refractivity contribution in [3.63, 3.8) is 0 Å². The minimum atomic E-state index is -0.530. The fourth-order valence-electron chi connectivity index (χ4n) is 2.16. The van der Waals surface area contributed by atoms with Crippen molar-refractivity contribution in [1.82, 2.24) is 0 Å². The van der Waals surface area contributed by atoms with Gasteiger partial charge in [-0.1, -0.05) is 19.1 Å². The summed E-state index contributed by atoms with van der Waals surface area (Å²) in [4.78, 5) is 36.0. The predicted molar refractivity (Wildman–Crippen MR) is 102 cm³/mol. The molecule has 0 spiro atoms. The van der Waals surface area contributed by atoms with E-state index in [2.05, 4.69) is 10.6 Å². The number of carbonyl (C=O) groups is 3. The number of rotatable bonds is 7. The highest BCUT2D eigenvalue weighted by molar-refractivity contribution is 7.99. The van der Waals surface area contributed by atoms with Crippen LogP contribution in [-0.4, -0.2) is 30.1 Å². The van der Waals surface area contributed by atoms with Gasteiger partial charge >= 0.3 is 5.97 Å². The molecule has 2 aromatic carbocycles. The second kappa shape index (κ2) is 9.62. The molecule has 0 bridgehead atoms. The minimum Gasteiger partial charge on any atom is -0.452 e. The molecule has 0 unspecified atom stereocenters. The van der Waals surface area contributed by atoms with E-state index >= 15 is 0 Å². The SMILES string of the molecule is CCSc1ccccc1C(=O)OCC(=O)Nc1ccc(NC(C)=O)cc1. The Morgan fingerprint density at radius 3 is 2.19 bits per heavy atom. The zero-order valence-electron chi connectivity index (χ0n) is 14.6. The monoisotopic (exact) mass is 372 g/mol. The quantitative estimate of drug-likeness (QED) is 0.573. The first-order chi connectivity index (χ1) is 12.5. The summed E-state index contributed by atoms with van der Waals surface area (Å²) in [5.74, 6) is -0.307. The van der Waals surface area contributed by atoms with Crippen molar-refractivity contribution in [3.8, 4) is 0 Å². The largest absolute Gasteiger partial charge is 0.452 e. The van der Waals surface area contributed by atoms with Crippen LogP contribution in [0.2, 0.25) is 0 Å². The summed E-state index contributed by atoms with van der Waals surface area (Å²) >= 11 is 1.54. The van der Waals surface area contributed by atoms with Crippen LogP contribution in [0.3, 0.4) is 0 Å². The summed E-state index contributed by atoms with van der Waals surface area (Å²) in [6.07, 6.45) is 0. The lowest BCUT2D eigenvalue weighted by molar-refractivity contribution is -0.119. The Kier molecular flexibility index (Phi) is 7.23. The Balaban J connectivity index is 1.88. The van der Waals surface area contributed by atoms with E-state index in [4.69, 9.17) is 4.74 Å². The van der Waals surface area contributed by atoms with Crippen molar-refractivity contribution in [1.29, 1.82) is 0 Å². The molecule has 0 saturated carbocycles. The first-order valence-electron chi connectivity index (χ1n) is 8.06. The number of esters is 1. The highest BCUT2D eigenvalue weighted by Gasteiger charge is 2.14. The molecule has 0 aromatic heterocycles. The second-order valence-electron chi connectivity index (χ2n) is 5.31. The van der Waals surface area contributed by atoms with Gasteiger partial charge in [0, 0.05) is 23.2 Å². The molecule has 2 aromatic rings. The van der Waals surface area contributed by atoms with Crippen LogP contribution in [0.5, 0.6) is 0 Å². The molecule has 26 heavy (non-hydrogen) atoms. The van der Waals surface area contributed by atoms with Gasteiger partial charge in [0.1, 0.15) is 0 Å². The second-order valence-corrected chi connectivity index (χ2v) is 6.62. The standard InChI is InChI=1S/C19H20N2O4S/c1-3-26-17-7-5-4-6-16(17)19(24)25-12-18(23)21-15-10-8-14(9-11-15)20-13(2)22/h4-11H,3,12H2,1-2H3,(H,20,22)(H,21,23). The van der Waals surface area contributed by atoms with Crippen molar-refractivity contribution < 1.29 is 19.1 Å². The third-order valence-electron chi connectivity index (χ3n) is 3.23. The molecule has 0 aliphatic carbocycles. The molecule has 0 fully saturated rings.